The molecule has 0 bridgehead atoms. The lowest BCUT2D eigenvalue weighted by molar-refractivity contribution is -0.115. The van der Waals surface area contributed by atoms with Crippen molar-refractivity contribution in [3.63, 3.8) is 0 Å². The van der Waals surface area contributed by atoms with E-state index >= 15 is 0 Å². The lowest BCUT2D eigenvalue weighted by Crippen LogP contribution is -2.39. The number of carbonyl (C=O) groups is 2. The molecule has 8 nitrogen and oxygen atoms in total. The van der Waals surface area contributed by atoms with E-state index in [0.717, 1.165) is 12.8 Å². The van der Waals surface area contributed by atoms with Gasteiger partial charge in [-0.2, -0.15) is 5.10 Å². The summed E-state index contributed by atoms with van der Waals surface area (Å²) in [5.41, 5.74) is 0. The number of nitrogens with one attached hydrogen (secondary N) is 3. The Balaban J connectivity index is 1.42. The first-order valence-corrected chi connectivity index (χ1v) is 8.10. The van der Waals surface area contributed by atoms with Gasteiger partial charge in [0, 0.05) is 6.07 Å². The first-order valence-electron chi connectivity index (χ1n) is 8.10. The summed E-state index contributed by atoms with van der Waals surface area (Å²) >= 11 is 0. The highest BCUT2D eigenvalue weighted by atomic mass is 16.3. The van der Waals surface area contributed by atoms with E-state index in [-0.39, 0.29) is 19.0 Å². The van der Waals surface area contributed by atoms with Crippen LogP contribution in [0, 0.1) is 0 Å². The van der Waals surface area contributed by atoms with Crippen molar-refractivity contribution in [2.24, 2.45) is 0 Å². The largest absolute Gasteiger partial charge is 0.467 e. The Hall–Kier alpha value is -2.77. The molecule has 0 atom stereocenters. The number of hydrogen-bond acceptors (Lipinski definition) is 4. The summed E-state index contributed by atoms with van der Waals surface area (Å²) in [6, 6.07) is 5.20. The predicted octanol–water partition coefficient (Wildman–Crippen LogP) is 2.03. The number of hydrogen-bond donors (Lipinski definition) is 3. The first-order chi connectivity index (χ1) is 11.7. The van der Waals surface area contributed by atoms with Crippen molar-refractivity contribution >= 4 is 17.8 Å². The van der Waals surface area contributed by atoms with E-state index in [2.05, 4.69) is 21.0 Å². The third-order valence-corrected chi connectivity index (χ3v) is 4.02. The van der Waals surface area contributed by atoms with Crippen LogP contribution >= 0.6 is 0 Å². The third-order valence-electron chi connectivity index (χ3n) is 4.02. The van der Waals surface area contributed by atoms with Crippen LogP contribution in [0.2, 0.25) is 0 Å². The van der Waals surface area contributed by atoms with Crippen molar-refractivity contribution in [1.82, 2.24) is 20.4 Å². The quantitative estimate of drug-likeness (QED) is 0.754. The normalized spacial score (nSPS) is 14.5. The lowest BCUT2D eigenvalue weighted by Gasteiger charge is -2.14. The van der Waals surface area contributed by atoms with Gasteiger partial charge in [0.05, 0.1) is 31.6 Å². The van der Waals surface area contributed by atoms with Crippen molar-refractivity contribution in [2.75, 3.05) is 11.9 Å². The minimum atomic E-state index is -0.425. The Bertz CT molecular complexity index is 674. The molecule has 0 spiro atoms. The highest BCUT2D eigenvalue weighted by molar-refractivity contribution is 5.93. The van der Waals surface area contributed by atoms with Crippen molar-refractivity contribution < 1.29 is 14.0 Å². The molecule has 3 amide bonds. The second-order valence-corrected chi connectivity index (χ2v) is 5.76. The second-order valence-electron chi connectivity index (χ2n) is 5.76. The first kappa shape index (κ1) is 16.1. The van der Waals surface area contributed by atoms with E-state index < -0.39 is 6.03 Å². The summed E-state index contributed by atoms with van der Waals surface area (Å²) < 4.78 is 6.97. The second kappa shape index (κ2) is 7.67. The van der Waals surface area contributed by atoms with Gasteiger partial charge in [-0.25, -0.2) is 9.48 Å². The molecule has 1 aliphatic rings. The SMILES string of the molecule is O=C(CNC(=O)NCc1ccco1)Nc1ccnn1C1CCCC1. The van der Waals surface area contributed by atoms with Crippen molar-refractivity contribution in [1.29, 1.82) is 0 Å². The van der Waals surface area contributed by atoms with Gasteiger partial charge in [-0.1, -0.05) is 12.8 Å². The molecule has 1 fully saturated rings. The van der Waals surface area contributed by atoms with Gasteiger partial charge in [0.2, 0.25) is 5.91 Å². The Morgan fingerprint density at radius 1 is 1.25 bits per heavy atom. The Morgan fingerprint density at radius 2 is 2.08 bits per heavy atom. The van der Waals surface area contributed by atoms with Gasteiger partial charge in [0.25, 0.3) is 0 Å². The number of nitrogens with zero attached hydrogens (tertiary/aromatic N) is 2. The Labute approximate surface area is 139 Å². The van der Waals surface area contributed by atoms with Crippen LogP contribution in [-0.2, 0) is 11.3 Å². The third kappa shape index (κ3) is 4.15. The summed E-state index contributed by atoms with van der Waals surface area (Å²) in [6.07, 6.45) is 7.76. The molecule has 0 saturated heterocycles. The van der Waals surface area contributed by atoms with Crippen molar-refractivity contribution in [3.8, 4) is 0 Å². The maximum absolute atomic E-state index is 12.0. The number of carbonyl (C=O) groups excluding carboxylic acids is 2. The molecule has 0 aromatic carbocycles. The van der Waals surface area contributed by atoms with Crippen molar-refractivity contribution in [3.05, 3.63) is 36.4 Å². The summed E-state index contributed by atoms with van der Waals surface area (Å²) in [4.78, 5) is 23.7. The molecule has 2 aromatic rings. The average molecular weight is 331 g/mol. The fourth-order valence-corrected chi connectivity index (χ4v) is 2.84. The van der Waals surface area contributed by atoms with E-state index in [4.69, 9.17) is 4.42 Å². The highest BCUT2D eigenvalue weighted by Gasteiger charge is 2.20. The molecule has 1 aliphatic carbocycles. The molecule has 2 aromatic heterocycles. The molecule has 0 aliphatic heterocycles. The molecular formula is C16H21N5O3. The Morgan fingerprint density at radius 3 is 2.83 bits per heavy atom. The summed E-state index contributed by atoms with van der Waals surface area (Å²) in [5.74, 6) is 1.03. The maximum atomic E-state index is 12.0. The van der Waals surface area contributed by atoms with Crippen LogP contribution in [0.15, 0.2) is 35.1 Å². The zero-order valence-corrected chi connectivity index (χ0v) is 13.3. The molecule has 8 heteroatoms. The van der Waals surface area contributed by atoms with E-state index in [9.17, 15) is 9.59 Å². The monoisotopic (exact) mass is 331 g/mol. The van der Waals surface area contributed by atoms with Crippen LogP contribution in [0.5, 0.6) is 0 Å². The topological polar surface area (TPSA) is 101 Å². The van der Waals surface area contributed by atoms with Gasteiger partial charge in [-0.15, -0.1) is 0 Å². The van der Waals surface area contributed by atoms with E-state index in [1.54, 1.807) is 24.4 Å². The van der Waals surface area contributed by atoms with Gasteiger partial charge in [0.1, 0.15) is 11.6 Å². The lowest BCUT2D eigenvalue weighted by atomic mass is 10.2. The van der Waals surface area contributed by atoms with Crippen LogP contribution < -0.4 is 16.0 Å². The van der Waals surface area contributed by atoms with Gasteiger partial charge in [-0.3, -0.25) is 4.79 Å². The zero-order chi connectivity index (χ0) is 16.8. The number of rotatable bonds is 6. The van der Waals surface area contributed by atoms with Gasteiger partial charge in [0.15, 0.2) is 0 Å². The smallest absolute Gasteiger partial charge is 0.315 e. The maximum Gasteiger partial charge on any atom is 0.315 e. The molecule has 0 unspecified atom stereocenters. The van der Waals surface area contributed by atoms with E-state index in [1.165, 1.54) is 19.1 Å². The molecule has 0 radical (unpaired) electrons. The standard InChI is InChI=1S/C16H21N5O3/c22-15(11-18-16(23)17-10-13-6-3-9-24-13)20-14-7-8-19-21(14)12-4-1-2-5-12/h3,6-9,12H,1-2,4-5,10-11H2,(H,20,22)(H2,17,18,23). The fraction of sp³-hybridized carbons (Fsp3) is 0.438. The molecule has 1 saturated carbocycles. The number of aromatic nitrogens is 2. The van der Waals surface area contributed by atoms with Crippen LogP contribution in [0.25, 0.3) is 0 Å². The minimum absolute atomic E-state index is 0.111. The van der Waals surface area contributed by atoms with Crippen LogP contribution in [0.1, 0.15) is 37.5 Å². The Kier molecular flexibility index (Phi) is 5.15. The number of amides is 3. The molecule has 3 rings (SSSR count). The molecular weight excluding hydrogens is 310 g/mol. The van der Waals surface area contributed by atoms with Crippen LogP contribution in [0.3, 0.4) is 0 Å². The molecule has 128 valence electrons. The molecule has 3 N–H and O–H groups in total. The molecule has 24 heavy (non-hydrogen) atoms. The van der Waals surface area contributed by atoms with Gasteiger partial charge >= 0.3 is 6.03 Å². The van der Waals surface area contributed by atoms with Crippen LogP contribution in [0.4, 0.5) is 10.6 Å². The van der Waals surface area contributed by atoms with E-state index in [0.29, 0.717) is 17.6 Å². The summed E-state index contributed by atoms with van der Waals surface area (Å²) in [5, 5.41) is 12.2. The highest BCUT2D eigenvalue weighted by Crippen LogP contribution is 2.31. The number of urea groups is 1. The minimum Gasteiger partial charge on any atom is -0.467 e. The summed E-state index contributed by atoms with van der Waals surface area (Å²) in [7, 11) is 0. The van der Waals surface area contributed by atoms with E-state index in [1.807, 2.05) is 4.68 Å². The van der Waals surface area contributed by atoms with Crippen LogP contribution in [-0.4, -0.2) is 28.3 Å². The van der Waals surface area contributed by atoms with Gasteiger partial charge in [-0.05, 0) is 25.0 Å². The predicted molar refractivity (Wildman–Crippen MR) is 87.3 cm³/mol. The summed E-state index contributed by atoms with van der Waals surface area (Å²) in [6.45, 7) is 0.161. The van der Waals surface area contributed by atoms with Gasteiger partial charge < -0.3 is 20.4 Å². The zero-order valence-electron chi connectivity index (χ0n) is 13.3. The number of anilines is 1. The fourth-order valence-electron chi connectivity index (χ4n) is 2.84. The molecule has 2 heterocycles. The average Bonchev–Trinajstić information content (AvgIpc) is 3.31. The van der Waals surface area contributed by atoms with Crippen molar-refractivity contribution in [2.45, 2.75) is 38.3 Å². The number of furan rings is 1.